The van der Waals surface area contributed by atoms with Crippen LogP contribution in [0, 0.1) is 6.92 Å². The number of nitrogens with zero attached hydrogens (tertiary/aromatic N) is 2. The number of ether oxygens (including phenoxy) is 1. The third-order valence-corrected chi connectivity index (χ3v) is 8.92. The zero-order valence-electron chi connectivity index (χ0n) is 23.0. The number of aromatic nitrogens is 1. The van der Waals surface area contributed by atoms with Crippen LogP contribution in [-0.4, -0.2) is 22.8 Å². The number of rotatable bonds is 5. The molecule has 3 aromatic carbocycles. The maximum atomic E-state index is 14.0. The number of hydrogen-bond donors (Lipinski definition) is 1. The number of methoxy groups -OCH3 is 1. The van der Waals surface area contributed by atoms with Crippen molar-refractivity contribution in [3.8, 4) is 17.1 Å². The molecule has 1 atom stereocenters. The first-order valence-corrected chi connectivity index (χ1v) is 14.4. The van der Waals surface area contributed by atoms with Gasteiger partial charge in [0.25, 0.3) is 5.56 Å². The Labute approximate surface area is 245 Å². The molecule has 0 amide bonds. The van der Waals surface area contributed by atoms with E-state index >= 15 is 0 Å². The maximum absolute atomic E-state index is 14.0. The molecular formula is C34H26N2O5S. The van der Waals surface area contributed by atoms with Gasteiger partial charge in [0, 0.05) is 17.2 Å². The summed E-state index contributed by atoms with van der Waals surface area (Å²) in [7, 11) is 1.64. The molecule has 2 aromatic heterocycles. The quantitative estimate of drug-likeness (QED) is 0.295. The first-order valence-electron chi connectivity index (χ1n) is 13.6. The van der Waals surface area contributed by atoms with E-state index in [4.69, 9.17) is 14.1 Å². The average molecular weight is 575 g/mol. The fraction of sp³-hybridized carbons (Fsp3) is 0.147. The lowest BCUT2D eigenvalue weighted by atomic mass is 9.83. The number of allylic oxidation sites excluding steroid dienone is 1. The van der Waals surface area contributed by atoms with Gasteiger partial charge in [-0.05, 0) is 78.4 Å². The molecular weight excluding hydrogens is 548 g/mol. The molecule has 0 saturated heterocycles. The summed E-state index contributed by atoms with van der Waals surface area (Å²) in [4.78, 5) is 31.3. The third kappa shape index (κ3) is 4.31. The molecule has 1 unspecified atom stereocenters. The summed E-state index contributed by atoms with van der Waals surface area (Å²) in [6.07, 6.45) is 3.42. The van der Waals surface area contributed by atoms with Crippen LogP contribution >= 0.6 is 11.3 Å². The van der Waals surface area contributed by atoms with E-state index in [-0.39, 0.29) is 17.2 Å². The van der Waals surface area contributed by atoms with Crippen molar-refractivity contribution in [2.45, 2.75) is 25.8 Å². The zero-order valence-corrected chi connectivity index (χ0v) is 23.8. The van der Waals surface area contributed by atoms with Gasteiger partial charge < -0.3 is 14.3 Å². The lowest BCUT2D eigenvalue weighted by molar-refractivity contribution is 0.0697. The Morgan fingerprint density at radius 1 is 1.05 bits per heavy atom. The van der Waals surface area contributed by atoms with Gasteiger partial charge in [0.05, 0.1) is 28.9 Å². The van der Waals surface area contributed by atoms with Crippen molar-refractivity contribution < 1.29 is 19.1 Å². The third-order valence-electron chi connectivity index (χ3n) is 7.93. The minimum absolute atomic E-state index is 0.140. The van der Waals surface area contributed by atoms with Crippen LogP contribution in [0.3, 0.4) is 0 Å². The van der Waals surface area contributed by atoms with E-state index < -0.39 is 5.97 Å². The predicted molar refractivity (Wildman–Crippen MR) is 162 cm³/mol. The van der Waals surface area contributed by atoms with Crippen molar-refractivity contribution in [3.63, 3.8) is 0 Å². The van der Waals surface area contributed by atoms with Crippen molar-refractivity contribution >= 4 is 29.1 Å². The van der Waals surface area contributed by atoms with Crippen LogP contribution in [0.5, 0.6) is 5.75 Å². The molecule has 0 saturated carbocycles. The molecule has 0 spiro atoms. The summed E-state index contributed by atoms with van der Waals surface area (Å²) in [5.41, 5.74) is 7.03. The van der Waals surface area contributed by atoms with E-state index in [1.54, 1.807) is 48.1 Å². The van der Waals surface area contributed by atoms with E-state index in [2.05, 4.69) is 18.2 Å². The Morgan fingerprint density at radius 2 is 1.90 bits per heavy atom. The minimum Gasteiger partial charge on any atom is -0.497 e. The van der Waals surface area contributed by atoms with Crippen LogP contribution in [0.15, 0.2) is 98.6 Å². The van der Waals surface area contributed by atoms with Crippen molar-refractivity contribution in [2.24, 2.45) is 4.99 Å². The molecule has 0 fully saturated rings. The summed E-state index contributed by atoms with van der Waals surface area (Å²) in [5.74, 6) is 0.772. The molecule has 208 valence electrons. The number of hydrogen-bond acceptors (Lipinski definition) is 6. The van der Waals surface area contributed by atoms with Crippen LogP contribution < -0.4 is 19.6 Å². The number of benzene rings is 3. The van der Waals surface area contributed by atoms with E-state index in [9.17, 15) is 14.7 Å². The summed E-state index contributed by atoms with van der Waals surface area (Å²) >= 11 is 1.34. The topological polar surface area (TPSA) is 94.0 Å². The van der Waals surface area contributed by atoms with Gasteiger partial charge in [-0.15, -0.1) is 0 Å². The second kappa shape index (κ2) is 10.2. The van der Waals surface area contributed by atoms with Crippen molar-refractivity contribution in [2.75, 3.05) is 7.11 Å². The number of thiazole rings is 1. The average Bonchev–Trinajstić information content (AvgIpc) is 3.60. The highest BCUT2D eigenvalue weighted by Gasteiger charge is 2.32. The highest BCUT2D eigenvalue weighted by molar-refractivity contribution is 7.07. The lowest BCUT2D eigenvalue weighted by Gasteiger charge is -2.31. The van der Waals surface area contributed by atoms with Gasteiger partial charge in [-0.1, -0.05) is 53.8 Å². The number of carbonyl (C=O) groups is 1. The second-order valence-electron chi connectivity index (χ2n) is 10.4. The van der Waals surface area contributed by atoms with Crippen molar-refractivity contribution in [1.82, 2.24) is 4.57 Å². The molecule has 1 N–H and O–H groups in total. The Morgan fingerprint density at radius 3 is 2.74 bits per heavy atom. The first-order chi connectivity index (χ1) is 20.4. The number of fused-ring (bicyclic) bond motifs is 3. The largest absolute Gasteiger partial charge is 0.497 e. The van der Waals surface area contributed by atoms with Crippen LogP contribution in [0.1, 0.15) is 50.8 Å². The summed E-state index contributed by atoms with van der Waals surface area (Å²) < 4.78 is 13.9. The Kier molecular flexibility index (Phi) is 6.28. The van der Waals surface area contributed by atoms with E-state index in [1.165, 1.54) is 16.9 Å². The Hall–Kier alpha value is -4.95. The Bertz CT molecular complexity index is 2110. The molecule has 2 aliphatic rings. The zero-order chi connectivity index (χ0) is 29.0. The van der Waals surface area contributed by atoms with Crippen LogP contribution in [0.4, 0.5) is 0 Å². The first kappa shape index (κ1) is 26.0. The highest BCUT2D eigenvalue weighted by atomic mass is 32.1. The van der Waals surface area contributed by atoms with Crippen LogP contribution in [-0.2, 0) is 6.42 Å². The molecule has 0 bridgehead atoms. The Balaban J connectivity index is 1.38. The smallest absolute Gasteiger partial charge is 0.335 e. The van der Waals surface area contributed by atoms with E-state index in [1.807, 2.05) is 37.3 Å². The lowest BCUT2D eigenvalue weighted by Crippen LogP contribution is -2.38. The van der Waals surface area contributed by atoms with Gasteiger partial charge >= 0.3 is 5.97 Å². The number of carboxylic acid groups (broad SMARTS) is 1. The number of carboxylic acids is 1. The molecule has 8 heteroatoms. The van der Waals surface area contributed by atoms with Crippen molar-refractivity contribution in [1.29, 1.82) is 0 Å². The molecule has 7 nitrogen and oxygen atoms in total. The standard InChI is InChI=1S/C34H26N2O5S/c1-19-10-11-22(33(38)39)17-27(19)28-15-13-24(41-28)18-29-32(37)36-31(21-7-5-8-23(16-21)40-2)26-14-12-20-6-3-4-9-25(20)30(26)35-34(36)42-29/h3-11,13,15-18,31H,12,14H2,1-2H3,(H,38,39)/b29-18-. The molecule has 3 heterocycles. The van der Waals surface area contributed by atoms with Crippen LogP contribution in [0.2, 0.25) is 0 Å². The van der Waals surface area contributed by atoms with Gasteiger partial charge in [-0.2, -0.15) is 0 Å². The van der Waals surface area contributed by atoms with Gasteiger partial charge in [0.15, 0.2) is 4.80 Å². The van der Waals surface area contributed by atoms with Crippen LogP contribution in [0.25, 0.3) is 23.1 Å². The van der Waals surface area contributed by atoms with E-state index in [0.717, 1.165) is 46.6 Å². The van der Waals surface area contributed by atoms with Crippen molar-refractivity contribution in [3.05, 3.63) is 138 Å². The SMILES string of the molecule is COc1cccc(C2C3=C(N=c4s/c(=C\c5ccc(-c6cc(C(=O)O)ccc6C)o5)c(=O)n42)c2ccccc2CC3)c1. The number of aryl methyl sites for hydroxylation is 2. The number of furan rings is 1. The normalized spacial score (nSPS) is 16.0. The molecule has 7 rings (SSSR count). The molecule has 1 aliphatic carbocycles. The summed E-state index contributed by atoms with van der Waals surface area (Å²) in [6, 6.07) is 24.4. The second-order valence-corrected chi connectivity index (χ2v) is 11.4. The predicted octanol–water partition coefficient (Wildman–Crippen LogP) is 5.59. The monoisotopic (exact) mass is 574 g/mol. The highest BCUT2D eigenvalue weighted by Crippen LogP contribution is 2.41. The molecule has 0 radical (unpaired) electrons. The van der Waals surface area contributed by atoms with Gasteiger partial charge in [-0.3, -0.25) is 9.36 Å². The molecule has 1 aliphatic heterocycles. The molecule has 42 heavy (non-hydrogen) atoms. The van der Waals surface area contributed by atoms with Gasteiger partial charge in [0.1, 0.15) is 17.3 Å². The molecule has 5 aromatic rings. The van der Waals surface area contributed by atoms with Gasteiger partial charge in [0.2, 0.25) is 0 Å². The summed E-state index contributed by atoms with van der Waals surface area (Å²) in [6.45, 7) is 1.90. The minimum atomic E-state index is -1.000. The fourth-order valence-corrected chi connectivity index (χ4v) is 6.84. The number of aromatic carboxylic acids is 1. The summed E-state index contributed by atoms with van der Waals surface area (Å²) in [5, 5.41) is 9.43. The van der Waals surface area contributed by atoms with Gasteiger partial charge in [-0.25, -0.2) is 9.79 Å². The fourth-order valence-electron chi connectivity index (χ4n) is 5.86. The maximum Gasteiger partial charge on any atom is 0.335 e. The van der Waals surface area contributed by atoms with E-state index in [0.29, 0.717) is 26.4 Å².